The van der Waals surface area contributed by atoms with Crippen molar-refractivity contribution in [2.24, 2.45) is 0 Å². The molecule has 3 rings (SSSR count). The van der Waals surface area contributed by atoms with Gasteiger partial charge in [0.25, 0.3) is 0 Å². The monoisotopic (exact) mass is 317 g/mol. The Morgan fingerprint density at radius 1 is 1.30 bits per heavy atom. The molecule has 0 radical (unpaired) electrons. The molecule has 0 spiro atoms. The SMILES string of the molecule is CC(C(=O)N1CCOC[C@@H]1CC(=O)c1ccco1)=C1CCCC1. The molecule has 2 aliphatic rings. The quantitative estimate of drug-likeness (QED) is 0.633. The minimum atomic E-state index is -0.217. The number of nitrogens with zero attached hydrogens (tertiary/aromatic N) is 1. The van der Waals surface area contributed by atoms with E-state index in [0.29, 0.717) is 25.5 Å². The van der Waals surface area contributed by atoms with Crippen LogP contribution in [0, 0.1) is 0 Å². The minimum Gasteiger partial charge on any atom is -0.461 e. The number of amides is 1. The standard InChI is InChI=1S/C18H23NO4/c1-13(14-5-2-3-6-14)18(21)19-8-10-22-12-15(19)11-16(20)17-7-4-9-23-17/h4,7,9,15H,2-3,5-6,8,10-12H2,1H3/t15-/m0/s1. The fourth-order valence-electron chi connectivity index (χ4n) is 3.39. The Morgan fingerprint density at radius 3 is 2.78 bits per heavy atom. The maximum absolute atomic E-state index is 12.8. The van der Waals surface area contributed by atoms with E-state index in [0.717, 1.165) is 18.4 Å². The van der Waals surface area contributed by atoms with Crippen molar-refractivity contribution in [1.82, 2.24) is 4.90 Å². The lowest BCUT2D eigenvalue weighted by Gasteiger charge is -2.35. The van der Waals surface area contributed by atoms with Crippen LogP contribution in [0.1, 0.15) is 49.6 Å². The maximum Gasteiger partial charge on any atom is 0.249 e. The summed E-state index contributed by atoms with van der Waals surface area (Å²) in [5.41, 5.74) is 2.14. The van der Waals surface area contributed by atoms with E-state index >= 15 is 0 Å². The summed E-state index contributed by atoms with van der Waals surface area (Å²) in [6.45, 7) is 3.39. The molecule has 5 nitrogen and oxygen atoms in total. The third-order valence-electron chi connectivity index (χ3n) is 4.76. The van der Waals surface area contributed by atoms with Crippen molar-refractivity contribution in [2.45, 2.75) is 45.1 Å². The third-order valence-corrected chi connectivity index (χ3v) is 4.76. The smallest absolute Gasteiger partial charge is 0.249 e. The second-order valence-electron chi connectivity index (χ2n) is 6.27. The topological polar surface area (TPSA) is 59.8 Å². The molecule has 1 atom stereocenters. The normalized spacial score (nSPS) is 21.5. The highest BCUT2D eigenvalue weighted by molar-refractivity contribution is 5.96. The molecule has 1 aliphatic carbocycles. The highest BCUT2D eigenvalue weighted by Crippen LogP contribution is 2.28. The molecular weight excluding hydrogens is 294 g/mol. The van der Waals surface area contributed by atoms with E-state index in [9.17, 15) is 9.59 Å². The van der Waals surface area contributed by atoms with Crippen LogP contribution in [0.25, 0.3) is 0 Å². The van der Waals surface area contributed by atoms with Crippen molar-refractivity contribution in [3.8, 4) is 0 Å². The van der Waals surface area contributed by atoms with Gasteiger partial charge in [0.1, 0.15) is 0 Å². The zero-order chi connectivity index (χ0) is 16.2. The molecule has 1 aromatic rings. The van der Waals surface area contributed by atoms with Gasteiger partial charge in [-0.15, -0.1) is 0 Å². The lowest BCUT2D eigenvalue weighted by Crippen LogP contribution is -2.50. The van der Waals surface area contributed by atoms with Crippen molar-refractivity contribution in [1.29, 1.82) is 0 Å². The number of morpholine rings is 1. The van der Waals surface area contributed by atoms with Gasteiger partial charge >= 0.3 is 0 Å². The number of carbonyl (C=O) groups excluding carboxylic acids is 2. The van der Waals surface area contributed by atoms with Gasteiger partial charge in [-0.3, -0.25) is 9.59 Å². The predicted molar refractivity (Wildman–Crippen MR) is 85.1 cm³/mol. The summed E-state index contributed by atoms with van der Waals surface area (Å²) in [6, 6.07) is 3.14. The first-order chi connectivity index (χ1) is 11.2. The molecule has 2 heterocycles. The maximum atomic E-state index is 12.8. The molecule has 1 amide bonds. The van der Waals surface area contributed by atoms with Crippen molar-refractivity contribution < 1.29 is 18.7 Å². The fourth-order valence-corrected chi connectivity index (χ4v) is 3.39. The van der Waals surface area contributed by atoms with Gasteiger partial charge in [0, 0.05) is 18.5 Å². The van der Waals surface area contributed by atoms with E-state index in [1.165, 1.54) is 24.7 Å². The zero-order valence-corrected chi connectivity index (χ0v) is 13.5. The lowest BCUT2D eigenvalue weighted by molar-refractivity contribution is -0.135. The first-order valence-corrected chi connectivity index (χ1v) is 8.31. The summed E-state index contributed by atoms with van der Waals surface area (Å²) in [5, 5.41) is 0. The molecule has 5 heteroatoms. The van der Waals surface area contributed by atoms with Gasteiger partial charge in [-0.2, -0.15) is 0 Å². The van der Waals surface area contributed by atoms with Crippen molar-refractivity contribution >= 4 is 11.7 Å². The van der Waals surface area contributed by atoms with Crippen LogP contribution in [0.3, 0.4) is 0 Å². The van der Waals surface area contributed by atoms with Gasteiger partial charge in [0.05, 0.1) is 25.5 Å². The first kappa shape index (κ1) is 16.0. The molecule has 1 aliphatic heterocycles. The Kier molecular flexibility index (Phi) is 4.96. The third kappa shape index (κ3) is 3.55. The van der Waals surface area contributed by atoms with E-state index in [2.05, 4.69) is 0 Å². The first-order valence-electron chi connectivity index (χ1n) is 8.31. The number of hydrogen-bond acceptors (Lipinski definition) is 4. The van der Waals surface area contributed by atoms with Crippen molar-refractivity contribution in [2.75, 3.05) is 19.8 Å². The van der Waals surface area contributed by atoms with Crippen molar-refractivity contribution in [3.63, 3.8) is 0 Å². The molecule has 0 bridgehead atoms. The van der Waals surface area contributed by atoms with Gasteiger partial charge in [-0.25, -0.2) is 0 Å². The molecule has 0 unspecified atom stereocenters. The number of furan rings is 1. The van der Waals surface area contributed by atoms with Crippen LogP contribution < -0.4 is 0 Å². The van der Waals surface area contributed by atoms with Crippen LogP contribution in [-0.4, -0.2) is 42.4 Å². The predicted octanol–water partition coefficient (Wildman–Crippen LogP) is 2.97. The van der Waals surface area contributed by atoms with Crippen molar-refractivity contribution in [3.05, 3.63) is 35.3 Å². The summed E-state index contributed by atoms with van der Waals surface area (Å²) in [4.78, 5) is 26.9. The number of carbonyl (C=O) groups is 2. The Balaban J connectivity index is 1.72. The molecule has 23 heavy (non-hydrogen) atoms. The average molecular weight is 317 g/mol. The van der Waals surface area contributed by atoms with Gasteiger partial charge < -0.3 is 14.1 Å². The molecular formula is C18H23NO4. The number of Topliss-reactive ketones (excluding diaryl/α,β-unsaturated/α-hetero) is 1. The molecule has 0 N–H and O–H groups in total. The number of rotatable bonds is 4. The Labute approximate surface area is 136 Å². The summed E-state index contributed by atoms with van der Waals surface area (Å²) in [7, 11) is 0. The molecule has 1 saturated heterocycles. The van der Waals surface area contributed by atoms with Gasteiger partial charge in [0.15, 0.2) is 11.5 Å². The van der Waals surface area contributed by atoms with Gasteiger partial charge in [0.2, 0.25) is 5.91 Å². The van der Waals surface area contributed by atoms with E-state index in [4.69, 9.17) is 9.15 Å². The van der Waals surface area contributed by atoms with Crippen LogP contribution in [-0.2, 0) is 9.53 Å². The van der Waals surface area contributed by atoms with Crippen LogP contribution in [0.2, 0.25) is 0 Å². The van der Waals surface area contributed by atoms with Gasteiger partial charge in [-0.1, -0.05) is 5.57 Å². The van der Waals surface area contributed by atoms with E-state index in [1.807, 2.05) is 11.8 Å². The Hall–Kier alpha value is -1.88. The van der Waals surface area contributed by atoms with E-state index in [1.54, 1.807) is 12.1 Å². The number of ether oxygens (including phenoxy) is 1. The molecule has 1 aromatic heterocycles. The second kappa shape index (κ2) is 7.13. The van der Waals surface area contributed by atoms with Crippen LogP contribution >= 0.6 is 0 Å². The molecule has 0 aromatic carbocycles. The van der Waals surface area contributed by atoms with Crippen LogP contribution in [0.15, 0.2) is 34.0 Å². The highest BCUT2D eigenvalue weighted by Gasteiger charge is 2.31. The highest BCUT2D eigenvalue weighted by atomic mass is 16.5. The number of hydrogen-bond donors (Lipinski definition) is 0. The van der Waals surface area contributed by atoms with E-state index < -0.39 is 0 Å². The number of allylic oxidation sites excluding steroid dienone is 1. The van der Waals surface area contributed by atoms with Crippen LogP contribution in [0.4, 0.5) is 0 Å². The van der Waals surface area contributed by atoms with Gasteiger partial charge in [-0.05, 0) is 44.7 Å². The largest absolute Gasteiger partial charge is 0.461 e. The molecule has 2 fully saturated rings. The average Bonchev–Trinajstić information content (AvgIpc) is 3.27. The molecule has 1 saturated carbocycles. The lowest BCUT2D eigenvalue weighted by atomic mass is 10.0. The summed E-state index contributed by atoms with van der Waals surface area (Å²) in [5.74, 6) is 0.311. The summed E-state index contributed by atoms with van der Waals surface area (Å²) >= 11 is 0. The molecule has 124 valence electrons. The minimum absolute atomic E-state index is 0.0578. The Morgan fingerprint density at radius 2 is 2.09 bits per heavy atom. The summed E-state index contributed by atoms with van der Waals surface area (Å²) in [6.07, 6.45) is 6.12. The fraction of sp³-hybridized carbons (Fsp3) is 0.556. The Bertz CT molecular complexity index is 595. The van der Waals surface area contributed by atoms with E-state index in [-0.39, 0.29) is 24.2 Å². The second-order valence-corrected chi connectivity index (χ2v) is 6.27. The zero-order valence-electron chi connectivity index (χ0n) is 13.5. The van der Waals surface area contributed by atoms with Crippen LogP contribution in [0.5, 0.6) is 0 Å². The summed E-state index contributed by atoms with van der Waals surface area (Å²) < 4.78 is 10.7. The number of ketones is 1.